The Bertz CT molecular complexity index is 682. The Labute approximate surface area is 150 Å². The number of benzene rings is 1. The number of Topliss-reactive ketones (excluding diaryl/α,β-unsaturated/α-hetero) is 1. The molecule has 3 aliphatic rings. The topological polar surface area (TPSA) is 58.6 Å². The van der Waals surface area contributed by atoms with E-state index in [0.29, 0.717) is 36.3 Å². The molecule has 25 heavy (non-hydrogen) atoms. The molecule has 1 unspecified atom stereocenters. The molecule has 4 rings (SSSR count). The van der Waals surface area contributed by atoms with Gasteiger partial charge in [-0.15, -0.1) is 0 Å². The molecule has 4 heteroatoms. The molecule has 0 saturated heterocycles. The summed E-state index contributed by atoms with van der Waals surface area (Å²) >= 11 is 0. The van der Waals surface area contributed by atoms with Gasteiger partial charge in [0.25, 0.3) is 0 Å². The van der Waals surface area contributed by atoms with Crippen LogP contribution in [-0.4, -0.2) is 30.6 Å². The lowest BCUT2D eigenvalue weighted by molar-refractivity contribution is -0.123. The van der Waals surface area contributed by atoms with Crippen LogP contribution in [0.2, 0.25) is 0 Å². The monoisotopic (exact) mass is 343 g/mol. The Morgan fingerprint density at radius 2 is 2.12 bits per heavy atom. The fraction of sp³-hybridized carbons (Fsp3) is 0.667. The smallest absolute Gasteiger partial charge is 0.161 e. The summed E-state index contributed by atoms with van der Waals surface area (Å²) in [7, 11) is 1.58. The predicted octanol–water partition coefficient (Wildman–Crippen LogP) is 3.34. The van der Waals surface area contributed by atoms with Crippen LogP contribution in [0.3, 0.4) is 0 Å². The van der Waals surface area contributed by atoms with Crippen LogP contribution in [0.1, 0.15) is 56.6 Å². The van der Waals surface area contributed by atoms with Gasteiger partial charge in [-0.1, -0.05) is 19.4 Å². The minimum atomic E-state index is -0.307. The van der Waals surface area contributed by atoms with Crippen LogP contribution in [0.25, 0.3) is 0 Å². The van der Waals surface area contributed by atoms with Crippen molar-refractivity contribution in [3.05, 3.63) is 23.3 Å². The molecule has 4 nitrogen and oxygen atoms in total. The van der Waals surface area contributed by atoms with Gasteiger partial charge < -0.3 is 15.2 Å². The number of ketones is 1. The molecule has 1 aromatic carbocycles. The highest BCUT2D eigenvalue weighted by Gasteiger charge is 2.50. The maximum absolute atomic E-state index is 12.3. The van der Waals surface area contributed by atoms with E-state index in [1.807, 2.05) is 6.07 Å². The van der Waals surface area contributed by atoms with E-state index in [1.165, 1.54) is 19.3 Å². The number of fused-ring (bicyclic) bond motifs is 3. The van der Waals surface area contributed by atoms with Gasteiger partial charge in [0.1, 0.15) is 5.78 Å². The van der Waals surface area contributed by atoms with Crippen LogP contribution in [0.15, 0.2) is 12.1 Å². The number of methoxy groups -OCH3 is 1. The molecule has 2 saturated carbocycles. The van der Waals surface area contributed by atoms with Crippen molar-refractivity contribution in [2.45, 2.75) is 63.3 Å². The number of aromatic hydroxyl groups is 1. The van der Waals surface area contributed by atoms with Crippen molar-refractivity contribution in [1.82, 2.24) is 5.32 Å². The number of hydrogen-bond donors (Lipinski definition) is 2. The van der Waals surface area contributed by atoms with Crippen LogP contribution in [0.4, 0.5) is 0 Å². The fourth-order valence-electron chi connectivity index (χ4n) is 5.38. The van der Waals surface area contributed by atoms with Gasteiger partial charge in [-0.3, -0.25) is 4.79 Å². The highest BCUT2D eigenvalue weighted by atomic mass is 16.5. The number of phenols is 1. The summed E-state index contributed by atoms with van der Waals surface area (Å²) in [5.41, 5.74) is 1.81. The van der Waals surface area contributed by atoms with Crippen LogP contribution in [0, 0.1) is 11.8 Å². The molecule has 0 bridgehead atoms. The zero-order valence-corrected chi connectivity index (χ0v) is 15.3. The number of phenolic OH excluding ortho intramolecular Hbond substituents is 1. The minimum absolute atomic E-state index is 0.236. The predicted molar refractivity (Wildman–Crippen MR) is 97.2 cm³/mol. The summed E-state index contributed by atoms with van der Waals surface area (Å²) in [4.78, 5) is 12.3. The lowest BCUT2D eigenvalue weighted by atomic mass is 9.56. The Morgan fingerprint density at radius 3 is 2.80 bits per heavy atom. The largest absolute Gasteiger partial charge is 0.504 e. The average Bonchev–Trinajstić information content (AvgIpc) is 2.52. The minimum Gasteiger partial charge on any atom is -0.504 e. The van der Waals surface area contributed by atoms with E-state index in [-0.39, 0.29) is 11.2 Å². The van der Waals surface area contributed by atoms with E-state index in [4.69, 9.17) is 4.74 Å². The molecule has 2 fully saturated rings. The molecule has 0 heterocycles. The standard InChI is InChI=1S/C21H29NO3/c1-21-11-15(23)7-8-16(21)17(22-12-13-4-3-5-13)10-14-6-9-18(25-2)20(24)19(14)21/h6,9,13,16-17,22,24H,3-5,7-8,10-12H2,1-2H3/t16-,17+,21?/m1/s1. The summed E-state index contributed by atoms with van der Waals surface area (Å²) < 4.78 is 5.34. The summed E-state index contributed by atoms with van der Waals surface area (Å²) in [6.07, 6.45) is 7.07. The number of ether oxygens (including phenoxy) is 1. The van der Waals surface area contributed by atoms with Crippen molar-refractivity contribution < 1.29 is 14.6 Å². The number of rotatable bonds is 4. The lowest BCUT2D eigenvalue weighted by Crippen LogP contribution is -2.55. The Hall–Kier alpha value is -1.55. The van der Waals surface area contributed by atoms with E-state index in [1.54, 1.807) is 7.11 Å². The van der Waals surface area contributed by atoms with Crippen LogP contribution >= 0.6 is 0 Å². The second kappa shape index (κ2) is 6.31. The zero-order valence-electron chi connectivity index (χ0n) is 15.3. The Kier molecular flexibility index (Phi) is 4.27. The van der Waals surface area contributed by atoms with Crippen molar-refractivity contribution in [3.8, 4) is 11.5 Å². The molecule has 2 N–H and O–H groups in total. The molecule has 3 atom stereocenters. The number of carbonyl (C=O) groups excluding carboxylic acids is 1. The Balaban J connectivity index is 1.70. The quantitative estimate of drug-likeness (QED) is 0.880. The average molecular weight is 343 g/mol. The third-order valence-electron chi connectivity index (χ3n) is 6.95. The molecule has 0 spiro atoms. The van der Waals surface area contributed by atoms with Gasteiger partial charge in [0.15, 0.2) is 11.5 Å². The first-order valence-electron chi connectivity index (χ1n) is 9.67. The van der Waals surface area contributed by atoms with Crippen molar-refractivity contribution in [1.29, 1.82) is 0 Å². The molecule has 1 aromatic rings. The highest BCUT2D eigenvalue weighted by molar-refractivity contribution is 5.82. The molecular weight excluding hydrogens is 314 g/mol. The van der Waals surface area contributed by atoms with E-state index in [2.05, 4.69) is 18.3 Å². The van der Waals surface area contributed by atoms with Crippen LogP contribution in [0.5, 0.6) is 11.5 Å². The highest BCUT2D eigenvalue weighted by Crippen LogP contribution is 2.53. The van der Waals surface area contributed by atoms with E-state index < -0.39 is 0 Å². The van der Waals surface area contributed by atoms with Gasteiger partial charge in [0, 0.05) is 29.9 Å². The first kappa shape index (κ1) is 16.9. The molecular formula is C21H29NO3. The zero-order chi connectivity index (χ0) is 17.6. The summed E-state index contributed by atoms with van der Waals surface area (Å²) in [5, 5.41) is 14.6. The van der Waals surface area contributed by atoms with Crippen molar-refractivity contribution in [2.75, 3.05) is 13.7 Å². The second-order valence-corrected chi connectivity index (χ2v) is 8.44. The molecule has 0 aromatic heterocycles. The van der Waals surface area contributed by atoms with Gasteiger partial charge >= 0.3 is 0 Å². The van der Waals surface area contributed by atoms with Crippen LogP contribution < -0.4 is 10.1 Å². The molecule has 0 aliphatic heterocycles. The van der Waals surface area contributed by atoms with E-state index >= 15 is 0 Å². The second-order valence-electron chi connectivity index (χ2n) is 8.44. The first-order valence-corrected chi connectivity index (χ1v) is 9.67. The Morgan fingerprint density at radius 1 is 1.32 bits per heavy atom. The van der Waals surface area contributed by atoms with Crippen molar-refractivity contribution in [2.24, 2.45) is 11.8 Å². The third-order valence-corrected chi connectivity index (χ3v) is 6.95. The van der Waals surface area contributed by atoms with E-state index in [9.17, 15) is 9.90 Å². The SMILES string of the molecule is COc1ccc2c(c1O)C1(C)CC(=O)CC[C@@H]1[C@@H](NCC1CCC1)C2. The van der Waals surface area contributed by atoms with Gasteiger partial charge in [-0.05, 0) is 55.7 Å². The third kappa shape index (κ3) is 2.75. The van der Waals surface area contributed by atoms with E-state index in [0.717, 1.165) is 36.4 Å². The van der Waals surface area contributed by atoms with Crippen molar-refractivity contribution >= 4 is 5.78 Å². The maximum atomic E-state index is 12.3. The van der Waals surface area contributed by atoms with Crippen LogP contribution in [-0.2, 0) is 16.6 Å². The number of hydrogen-bond acceptors (Lipinski definition) is 4. The first-order chi connectivity index (χ1) is 12.0. The fourth-order valence-corrected chi connectivity index (χ4v) is 5.38. The number of nitrogens with one attached hydrogen (secondary N) is 1. The van der Waals surface area contributed by atoms with Gasteiger partial charge in [0.05, 0.1) is 7.11 Å². The normalized spacial score (nSPS) is 31.8. The summed E-state index contributed by atoms with van der Waals surface area (Å²) in [6.45, 7) is 3.26. The van der Waals surface area contributed by atoms with Crippen molar-refractivity contribution in [3.63, 3.8) is 0 Å². The number of carbonyl (C=O) groups is 1. The van der Waals surface area contributed by atoms with Gasteiger partial charge in [-0.2, -0.15) is 0 Å². The molecule has 3 aliphatic carbocycles. The molecule has 0 amide bonds. The maximum Gasteiger partial charge on any atom is 0.161 e. The van der Waals surface area contributed by atoms with Gasteiger partial charge in [-0.25, -0.2) is 0 Å². The summed E-state index contributed by atoms with van der Waals surface area (Å²) in [6, 6.07) is 4.32. The van der Waals surface area contributed by atoms with Gasteiger partial charge in [0.2, 0.25) is 0 Å². The molecule has 0 radical (unpaired) electrons. The molecule has 136 valence electrons. The lowest BCUT2D eigenvalue weighted by Gasteiger charge is -2.50. The summed E-state index contributed by atoms with van der Waals surface area (Å²) in [5.74, 6) is 2.27.